The molecule has 0 bridgehead atoms. The zero-order valence-electron chi connectivity index (χ0n) is 6.86. The first kappa shape index (κ1) is 6.60. The molecule has 0 aliphatic rings. The van der Waals surface area contributed by atoms with E-state index in [0.29, 0.717) is 0 Å². The Labute approximate surface area is 74.4 Å². The van der Waals surface area contributed by atoms with Crippen molar-refractivity contribution in [1.82, 2.24) is 15.0 Å². The first-order chi connectivity index (χ1) is 6.43. The van der Waals surface area contributed by atoms with E-state index in [1.54, 1.807) is 0 Å². The first-order valence-corrected chi connectivity index (χ1v) is 4.13. The fourth-order valence-corrected chi connectivity index (χ4v) is 1.44. The molecular weight excluding hydrogens is 162 g/mol. The molecule has 0 atom stereocenters. The molecule has 13 heavy (non-hydrogen) atoms. The third kappa shape index (κ3) is 0.902. The summed E-state index contributed by atoms with van der Waals surface area (Å²) in [7, 11) is 0. The van der Waals surface area contributed by atoms with Crippen molar-refractivity contribution in [1.29, 1.82) is 0 Å². The van der Waals surface area contributed by atoms with E-state index < -0.39 is 0 Å². The van der Waals surface area contributed by atoms with Gasteiger partial charge in [0.05, 0.1) is 11.0 Å². The number of benzene rings is 1. The molecule has 0 radical (unpaired) electrons. The monoisotopic (exact) mass is 169 g/mol. The van der Waals surface area contributed by atoms with Crippen LogP contribution in [-0.2, 0) is 0 Å². The van der Waals surface area contributed by atoms with Crippen LogP contribution in [0.5, 0.6) is 0 Å². The van der Waals surface area contributed by atoms with E-state index in [-0.39, 0.29) is 0 Å². The van der Waals surface area contributed by atoms with Crippen LogP contribution in [0.25, 0.3) is 22.1 Å². The summed E-state index contributed by atoms with van der Waals surface area (Å²) in [6.45, 7) is 0. The van der Waals surface area contributed by atoms with E-state index >= 15 is 0 Å². The minimum Gasteiger partial charge on any atom is -0.364 e. The number of fused-ring (bicyclic) bond motifs is 2. The molecule has 2 heterocycles. The van der Waals surface area contributed by atoms with E-state index in [0.717, 1.165) is 22.1 Å². The van der Waals surface area contributed by atoms with Crippen molar-refractivity contribution >= 4 is 22.1 Å². The van der Waals surface area contributed by atoms with Crippen molar-refractivity contribution in [2.75, 3.05) is 0 Å². The second-order valence-electron chi connectivity index (χ2n) is 2.94. The Balaban J connectivity index is 2.57. The van der Waals surface area contributed by atoms with Gasteiger partial charge >= 0.3 is 0 Å². The van der Waals surface area contributed by atoms with Gasteiger partial charge in [0, 0.05) is 12.4 Å². The van der Waals surface area contributed by atoms with Crippen LogP contribution in [0, 0.1) is 0 Å². The highest BCUT2D eigenvalue weighted by atomic mass is 14.8. The van der Waals surface area contributed by atoms with Gasteiger partial charge in [0.15, 0.2) is 0 Å². The summed E-state index contributed by atoms with van der Waals surface area (Å²) in [6.07, 6.45) is 3.71. The number of H-pyrrole nitrogens is 1. The highest BCUT2D eigenvalue weighted by Gasteiger charge is 1.99. The summed E-state index contributed by atoms with van der Waals surface area (Å²) in [5.74, 6) is 0. The van der Waals surface area contributed by atoms with Gasteiger partial charge in [-0.3, -0.25) is 0 Å². The van der Waals surface area contributed by atoms with E-state index in [4.69, 9.17) is 0 Å². The molecule has 3 rings (SSSR count). The van der Waals surface area contributed by atoms with E-state index in [9.17, 15) is 0 Å². The van der Waals surface area contributed by atoms with Crippen LogP contribution in [0.4, 0.5) is 0 Å². The molecule has 3 nitrogen and oxygen atoms in total. The standard InChI is InChI=1S/C10H7N3/c1-2-4-8-7(3-1)12-9-5-11-6-10(9)13-8/h1-6,11H. The van der Waals surface area contributed by atoms with Crippen LogP contribution in [-0.4, -0.2) is 15.0 Å². The van der Waals surface area contributed by atoms with Crippen LogP contribution in [0.2, 0.25) is 0 Å². The number of para-hydroxylation sites is 2. The third-order valence-electron chi connectivity index (χ3n) is 2.07. The topological polar surface area (TPSA) is 41.6 Å². The second kappa shape index (κ2) is 2.29. The minimum absolute atomic E-state index is 0.915. The number of hydrogen-bond acceptors (Lipinski definition) is 2. The lowest BCUT2D eigenvalue weighted by atomic mass is 10.3. The highest BCUT2D eigenvalue weighted by molar-refractivity contribution is 5.85. The Morgan fingerprint density at radius 3 is 1.85 bits per heavy atom. The van der Waals surface area contributed by atoms with E-state index in [2.05, 4.69) is 15.0 Å². The fraction of sp³-hybridized carbons (Fsp3) is 0. The van der Waals surface area contributed by atoms with Gasteiger partial charge in [-0.25, -0.2) is 9.97 Å². The summed E-state index contributed by atoms with van der Waals surface area (Å²) < 4.78 is 0. The molecule has 0 fully saturated rings. The maximum atomic E-state index is 4.44. The lowest BCUT2D eigenvalue weighted by Crippen LogP contribution is -1.82. The first-order valence-electron chi connectivity index (χ1n) is 4.13. The zero-order valence-corrected chi connectivity index (χ0v) is 6.86. The van der Waals surface area contributed by atoms with Crippen molar-refractivity contribution in [2.45, 2.75) is 0 Å². The van der Waals surface area contributed by atoms with Crippen molar-refractivity contribution in [3.8, 4) is 0 Å². The SMILES string of the molecule is c1ccc2nc3c[nH]cc3nc2c1. The predicted molar refractivity (Wildman–Crippen MR) is 51.4 cm³/mol. The lowest BCUT2D eigenvalue weighted by molar-refractivity contribution is 1.41. The Hall–Kier alpha value is -1.90. The minimum atomic E-state index is 0.915. The average Bonchev–Trinajstić information content (AvgIpc) is 2.61. The van der Waals surface area contributed by atoms with Crippen molar-refractivity contribution < 1.29 is 0 Å². The molecule has 3 aromatic rings. The Morgan fingerprint density at radius 1 is 0.769 bits per heavy atom. The maximum Gasteiger partial charge on any atom is 0.107 e. The largest absolute Gasteiger partial charge is 0.364 e. The van der Waals surface area contributed by atoms with Crippen molar-refractivity contribution in [3.05, 3.63) is 36.7 Å². The van der Waals surface area contributed by atoms with Gasteiger partial charge in [-0.05, 0) is 12.1 Å². The normalized spacial score (nSPS) is 11.1. The molecule has 1 N–H and O–H groups in total. The number of aromatic amines is 1. The molecule has 1 aromatic carbocycles. The quantitative estimate of drug-likeness (QED) is 0.560. The van der Waals surface area contributed by atoms with Crippen molar-refractivity contribution in [3.63, 3.8) is 0 Å². The smallest absolute Gasteiger partial charge is 0.107 e. The summed E-state index contributed by atoms with van der Waals surface area (Å²) in [4.78, 5) is 11.9. The van der Waals surface area contributed by atoms with Gasteiger partial charge in [0.25, 0.3) is 0 Å². The van der Waals surface area contributed by atoms with E-state index in [1.807, 2.05) is 36.7 Å². The van der Waals surface area contributed by atoms with Crippen molar-refractivity contribution in [2.24, 2.45) is 0 Å². The lowest BCUT2D eigenvalue weighted by Gasteiger charge is -1.94. The Morgan fingerprint density at radius 2 is 1.31 bits per heavy atom. The summed E-state index contributed by atoms with van der Waals surface area (Å²) in [5, 5.41) is 0. The molecule has 62 valence electrons. The molecule has 3 heteroatoms. The maximum absolute atomic E-state index is 4.44. The molecule has 0 saturated heterocycles. The van der Waals surface area contributed by atoms with Crippen LogP contribution in [0.3, 0.4) is 0 Å². The summed E-state index contributed by atoms with van der Waals surface area (Å²) in [6, 6.07) is 7.87. The number of nitrogens with one attached hydrogen (secondary N) is 1. The van der Waals surface area contributed by atoms with Crippen LogP contribution >= 0.6 is 0 Å². The second-order valence-corrected chi connectivity index (χ2v) is 2.94. The average molecular weight is 169 g/mol. The number of hydrogen-bond donors (Lipinski definition) is 1. The van der Waals surface area contributed by atoms with E-state index in [1.165, 1.54) is 0 Å². The number of rotatable bonds is 0. The van der Waals surface area contributed by atoms with Crippen LogP contribution < -0.4 is 0 Å². The summed E-state index contributed by atoms with van der Waals surface area (Å²) in [5.41, 5.74) is 3.71. The Bertz CT molecular complexity index is 519. The van der Waals surface area contributed by atoms with Gasteiger partial charge in [-0.1, -0.05) is 12.1 Å². The summed E-state index contributed by atoms with van der Waals surface area (Å²) >= 11 is 0. The number of aromatic nitrogens is 3. The molecule has 0 saturated carbocycles. The molecule has 0 amide bonds. The van der Waals surface area contributed by atoms with Crippen LogP contribution in [0.1, 0.15) is 0 Å². The Kier molecular flexibility index (Phi) is 1.16. The predicted octanol–water partition coefficient (Wildman–Crippen LogP) is 2.11. The van der Waals surface area contributed by atoms with Crippen LogP contribution in [0.15, 0.2) is 36.7 Å². The molecular formula is C10H7N3. The highest BCUT2D eigenvalue weighted by Crippen LogP contribution is 2.14. The van der Waals surface area contributed by atoms with Gasteiger partial charge < -0.3 is 4.98 Å². The van der Waals surface area contributed by atoms with Gasteiger partial charge in [-0.15, -0.1) is 0 Å². The molecule has 0 aliphatic carbocycles. The molecule has 0 aliphatic heterocycles. The zero-order chi connectivity index (χ0) is 8.67. The van der Waals surface area contributed by atoms with Gasteiger partial charge in [-0.2, -0.15) is 0 Å². The molecule has 0 spiro atoms. The molecule has 2 aromatic heterocycles. The fourth-order valence-electron chi connectivity index (χ4n) is 1.44. The molecule has 0 unspecified atom stereocenters. The number of nitrogens with zero attached hydrogens (tertiary/aromatic N) is 2. The van der Waals surface area contributed by atoms with Gasteiger partial charge in [0.2, 0.25) is 0 Å². The van der Waals surface area contributed by atoms with Gasteiger partial charge in [0.1, 0.15) is 11.0 Å². The third-order valence-corrected chi connectivity index (χ3v) is 2.07.